The molecule has 0 bridgehead atoms. The van der Waals surface area contributed by atoms with Gasteiger partial charge in [0.15, 0.2) is 0 Å². The van der Waals surface area contributed by atoms with E-state index in [0.29, 0.717) is 0 Å². The quantitative estimate of drug-likeness (QED) is 0.578. The lowest BCUT2D eigenvalue weighted by atomic mass is 10.1. The second-order valence-corrected chi connectivity index (χ2v) is 3.51. The number of carbonyl (C=O) groups is 1. The van der Waals surface area contributed by atoms with Crippen molar-refractivity contribution in [1.29, 1.82) is 0 Å². The van der Waals surface area contributed by atoms with Crippen molar-refractivity contribution >= 4 is 5.91 Å². The molecule has 2 heteroatoms. The highest BCUT2D eigenvalue weighted by atomic mass is 16.2. The van der Waals surface area contributed by atoms with Gasteiger partial charge in [-0.25, -0.2) is 0 Å². The zero-order valence-electron chi connectivity index (χ0n) is 6.31. The molecule has 1 saturated carbocycles. The Morgan fingerprint density at radius 2 is 2.60 bits per heavy atom. The molecule has 2 aliphatic rings. The fourth-order valence-corrected chi connectivity index (χ4v) is 2.11. The van der Waals surface area contributed by atoms with Crippen molar-refractivity contribution in [3.05, 3.63) is 0 Å². The zero-order valence-corrected chi connectivity index (χ0v) is 6.31. The minimum absolute atomic E-state index is 0.260. The van der Waals surface area contributed by atoms with Gasteiger partial charge in [-0.1, -0.05) is 13.3 Å². The summed E-state index contributed by atoms with van der Waals surface area (Å²) in [6.07, 6.45) is 4.30. The molecular weight excluding hydrogens is 126 g/mol. The van der Waals surface area contributed by atoms with E-state index >= 15 is 0 Å². The SMILES string of the molecule is CCC1CC12CCC(=O)N2. The molecule has 10 heavy (non-hydrogen) atoms. The summed E-state index contributed by atoms with van der Waals surface area (Å²) in [5.41, 5.74) is 0.284. The van der Waals surface area contributed by atoms with E-state index < -0.39 is 0 Å². The van der Waals surface area contributed by atoms with E-state index in [1.54, 1.807) is 0 Å². The molecule has 2 fully saturated rings. The van der Waals surface area contributed by atoms with Crippen LogP contribution >= 0.6 is 0 Å². The molecule has 0 aromatic carbocycles. The maximum absolute atomic E-state index is 10.8. The van der Waals surface area contributed by atoms with E-state index in [4.69, 9.17) is 0 Å². The molecule has 1 aliphatic heterocycles. The van der Waals surface area contributed by atoms with Crippen molar-refractivity contribution in [3.8, 4) is 0 Å². The Labute approximate surface area is 61.0 Å². The summed E-state index contributed by atoms with van der Waals surface area (Å²) in [4.78, 5) is 10.8. The van der Waals surface area contributed by atoms with Crippen molar-refractivity contribution in [2.24, 2.45) is 5.92 Å². The summed E-state index contributed by atoms with van der Waals surface area (Å²) >= 11 is 0. The van der Waals surface area contributed by atoms with Crippen LogP contribution in [-0.2, 0) is 4.79 Å². The fraction of sp³-hybridized carbons (Fsp3) is 0.875. The molecule has 2 atom stereocenters. The van der Waals surface area contributed by atoms with Crippen LogP contribution in [0.2, 0.25) is 0 Å². The average molecular weight is 139 g/mol. The average Bonchev–Trinajstić information content (AvgIpc) is 2.46. The molecule has 1 heterocycles. The number of hydrogen-bond donors (Lipinski definition) is 1. The van der Waals surface area contributed by atoms with Crippen molar-refractivity contribution < 1.29 is 4.79 Å². The highest BCUT2D eigenvalue weighted by molar-refractivity contribution is 5.80. The van der Waals surface area contributed by atoms with Gasteiger partial charge in [0.05, 0.1) is 0 Å². The third-order valence-corrected chi connectivity index (χ3v) is 2.91. The molecule has 0 aromatic heterocycles. The lowest BCUT2D eigenvalue weighted by Crippen LogP contribution is -2.28. The minimum Gasteiger partial charge on any atom is -0.350 e. The van der Waals surface area contributed by atoms with E-state index in [1.807, 2.05) is 0 Å². The van der Waals surface area contributed by atoms with E-state index in [-0.39, 0.29) is 11.4 Å². The Kier molecular flexibility index (Phi) is 1.08. The number of amides is 1. The molecule has 2 unspecified atom stereocenters. The summed E-state index contributed by atoms with van der Waals surface area (Å²) in [6.45, 7) is 2.20. The van der Waals surface area contributed by atoms with E-state index in [1.165, 1.54) is 12.8 Å². The zero-order chi connectivity index (χ0) is 7.19. The molecule has 1 aliphatic carbocycles. The van der Waals surface area contributed by atoms with Crippen LogP contribution in [0.3, 0.4) is 0 Å². The highest BCUT2D eigenvalue weighted by Crippen LogP contribution is 2.51. The Morgan fingerprint density at radius 1 is 1.80 bits per heavy atom. The fourth-order valence-electron chi connectivity index (χ4n) is 2.11. The topological polar surface area (TPSA) is 29.1 Å². The second kappa shape index (κ2) is 1.74. The Bertz CT molecular complexity index is 178. The molecule has 2 nitrogen and oxygen atoms in total. The predicted molar refractivity (Wildman–Crippen MR) is 38.5 cm³/mol. The van der Waals surface area contributed by atoms with Crippen LogP contribution in [0.5, 0.6) is 0 Å². The lowest BCUT2D eigenvalue weighted by Gasteiger charge is -2.06. The summed E-state index contributed by atoms with van der Waals surface area (Å²) in [5.74, 6) is 1.05. The van der Waals surface area contributed by atoms with Gasteiger partial charge in [0, 0.05) is 12.0 Å². The number of nitrogens with one attached hydrogen (secondary N) is 1. The van der Waals surface area contributed by atoms with Crippen LogP contribution < -0.4 is 5.32 Å². The summed E-state index contributed by atoms with van der Waals surface area (Å²) in [5, 5.41) is 3.07. The molecule has 0 aromatic rings. The van der Waals surface area contributed by atoms with Gasteiger partial charge in [-0.05, 0) is 18.8 Å². The third kappa shape index (κ3) is 0.678. The molecule has 1 saturated heterocycles. The van der Waals surface area contributed by atoms with Gasteiger partial charge >= 0.3 is 0 Å². The normalized spacial score (nSPS) is 44.1. The third-order valence-electron chi connectivity index (χ3n) is 2.91. The van der Waals surface area contributed by atoms with Gasteiger partial charge in [-0.3, -0.25) is 4.79 Å². The first-order valence-corrected chi connectivity index (χ1v) is 4.08. The van der Waals surface area contributed by atoms with E-state index in [0.717, 1.165) is 18.8 Å². The largest absolute Gasteiger partial charge is 0.350 e. The minimum atomic E-state index is 0.260. The first-order valence-electron chi connectivity index (χ1n) is 4.08. The van der Waals surface area contributed by atoms with Gasteiger partial charge < -0.3 is 5.32 Å². The monoisotopic (exact) mass is 139 g/mol. The summed E-state index contributed by atoms with van der Waals surface area (Å²) in [6, 6.07) is 0. The van der Waals surface area contributed by atoms with E-state index in [9.17, 15) is 4.79 Å². The van der Waals surface area contributed by atoms with Gasteiger partial charge in [-0.2, -0.15) is 0 Å². The molecule has 0 radical (unpaired) electrons. The Balaban J connectivity index is 2.02. The maximum Gasteiger partial charge on any atom is 0.220 e. The van der Waals surface area contributed by atoms with Gasteiger partial charge in [0.1, 0.15) is 0 Å². The van der Waals surface area contributed by atoms with E-state index in [2.05, 4.69) is 12.2 Å². The summed E-state index contributed by atoms with van der Waals surface area (Å²) < 4.78 is 0. The number of carbonyl (C=O) groups excluding carboxylic acids is 1. The van der Waals surface area contributed by atoms with Crippen LogP contribution in [0, 0.1) is 5.92 Å². The van der Waals surface area contributed by atoms with Crippen LogP contribution in [0.25, 0.3) is 0 Å². The first-order chi connectivity index (χ1) is 4.77. The number of hydrogen-bond acceptors (Lipinski definition) is 1. The van der Waals surface area contributed by atoms with Crippen LogP contribution in [0.1, 0.15) is 32.6 Å². The molecule has 56 valence electrons. The number of rotatable bonds is 1. The Hall–Kier alpha value is -0.530. The molecule has 1 spiro atoms. The van der Waals surface area contributed by atoms with Crippen molar-refractivity contribution in [2.75, 3.05) is 0 Å². The molecular formula is C8H13NO. The first kappa shape index (κ1) is 6.20. The standard InChI is InChI=1S/C8H13NO/c1-2-6-5-8(6)4-3-7(10)9-8/h6H,2-5H2,1H3,(H,9,10). The van der Waals surface area contributed by atoms with Crippen LogP contribution in [-0.4, -0.2) is 11.4 Å². The van der Waals surface area contributed by atoms with Gasteiger partial charge in [0.25, 0.3) is 0 Å². The Morgan fingerprint density at radius 3 is 3.00 bits per heavy atom. The molecule has 1 amide bonds. The predicted octanol–water partition coefficient (Wildman–Crippen LogP) is 1.07. The van der Waals surface area contributed by atoms with Gasteiger partial charge in [0.2, 0.25) is 5.91 Å². The molecule has 2 rings (SSSR count). The summed E-state index contributed by atoms with van der Waals surface area (Å²) in [7, 11) is 0. The lowest BCUT2D eigenvalue weighted by molar-refractivity contribution is -0.119. The van der Waals surface area contributed by atoms with Gasteiger partial charge in [-0.15, -0.1) is 0 Å². The van der Waals surface area contributed by atoms with Crippen molar-refractivity contribution in [2.45, 2.75) is 38.1 Å². The van der Waals surface area contributed by atoms with Crippen molar-refractivity contribution in [3.63, 3.8) is 0 Å². The van der Waals surface area contributed by atoms with Crippen LogP contribution in [0.4, 0.5) is 0 Å². The highest BCUT2D eigenvalue weighted by Gasteiger charge is 2.56. The smallest absolute Gasteiger partial charge is 0.220 e. The van der Waals surface area contributed by atoms with Crippen molar-refractivity contribution in [1.82, 2.24) is 5.32 Å². The van der Waals surface area contributed by atoms with Crippen LogP contribution in [0.15, 0.2) is 0 Å². The molecule has 1 N–H and O–H groups in total. The maximum atomic E-state index is 10.8. The second-order valence-electron chi connectivity index (χ2n) is 3.51.